The molecule has 17 heavy (non-hydrogen) atoms. The first-order chi connectivity index (χ1) is 8.25. The molecule has 0 bridgehead atoms. The molecule has 0 radical (unpaired) electrons. The van der Waals surface area contributed by atoms with Crippen LogP contribution in [0.5, 0.6) is 11.5 Å². The van der Waals surface area contributed by atoms with E-state index in [4.69, 9.17) is 0 Å². The summed E-state index contributed by atoms with van der Waals surface area (Å²) in [6.45, 7) is 1.79. The van der Waals surface area contributed by atoms with E-state index in [2.05, 4.69) is 16.8 Å². The first-order valence-corrected chi connectivity index (χ1v) is 6.42. The molecule has 4 heteroatoms. The van der Waals surface area contributed by atoms with Crippen LogP contribution in [0.1, 0.15) is 21.9 Å². The minimum Gasteiger partial charge on any atom is -0.504 e. The average molecular weight is 247 g/mol. The van der Waals surface area contributed by atoms with Crippen LogP contribution in [0.2, 0.25) is 0 Å². The van der Waals surface area contributed by atoms with Crippen LogP contribution in [0, 0.1) is 0 Å². The molecule has 1 aromatic carbocycles. The van der Waals surface area contributed by atoms with Gasteiger partial charge in [-0.3, -0.25) is 0 Å². The standard InChI is InChI=1S/C13H13NO2S/c15-11-2-1-8(5-12(11)16)10-6-14-7-13-9(10)3-4-17-13/h1-5,10,14-16H,6-7H2/t10-/m1/s1. The monoisotopic (exact) mass is 247 g/mol. The normalized spacial score (nSPS) is 18.9. The number of hydrogen-bond donors (Lipinski definition) is 3. The molecule has 3 N–H and O–H groups in total. The molecular weight excluding hydrogens is 234 g/mol. The van der Waals surface area contributed by atoms with Gasteiger partial charge in [0.2, 0.25) is 0 Å². The zero-order valence-electron chi connectivity index (χ0n) is 9.18. The summed E-state index contributed by atoms with van der Waals surface area (Å²) >= 11 is 1.76. The lowest BCUT2D eigenvalue weighted by molar-refractivity contribution is 0.402. The fraction of sp³-hybridized carbons (Fsp3) is 0.231. The molecular formula is C13H13NO2S. The van der Waals surface area contributed by atoms with Gasteiger partial charge in [0, 0.05) is 23.9 Å². The van der Waals surface area contributed by atoms with Gasteiger partial charge in [-0.1, -0.05) is 6.07 Å². The van der Waals surface area contributed by atoms with E-state index >= 15 is 0 Å². The van der Waals surface area contributed by atoms with Crippen molar-refractivity contribution in [1.29, 1.82) is 0 Å². The van der Waals surface area contributed by atoms with E-state index in [1.165, 1.54) is 10.4 Å². The van der Waals surface area contributed by atoms with Crippen LogP contribution >= 0.6 is 11.3 Å². The van der Waals surface area contributed by atoms with Gasteiger partial charge < -0.3 is 15.5 Å². The Kier molecular flexibility index (Phi) is 2.53. The number of rotatable bonds is 1. The lowest BCUT2D eigenvalue weighted by Crippen LogP contribution is -2.27. The molecule has 0 unspecified atom stereocenters. The van der Waals surface area contributed by atoms with Crippen molar-refractivity contribution < 1.29 is 10.2 Å². The molecule has 0 saturated carbocycles. The maximum Gasteiger partial charge on any atom is 0.157 e. The SMILES string of the molecule is Oc1ccc([C@H]2CNCc3sccc32)cc1O. The first kappa shape index (κ1) is 10.6. The largest absolute Gasteiger partial charge is 0.504 e. The highest BCUT2D eigenvalue weighted by molar-refractivity contribution is 7.10. The third-order valence-corrected chi connectivity index (χ3v) is 4.13. The number of fused-ring (bicyclic) bond motifs is 1. The maximum absolute atomic E-state index is 9.56. The van der Waals surface area contributed by atoms with Gasteiger partial charge in [0.25, 0.3) is 0 Å². The second-order valence-corrected chi connectivity index (χ2v) is 5.23. The molecule has 1 aromatic heterocycles. The zero-order valence-corrected chi connectivity index (χ0v) is 10.00. The minimum absolute atomic E-state index is 0.0511. The predicted octanol–water partition coefficient (Wildman–Crippen LogP) is 2.39. The van der Waals surface area contributed by atoms with Crippen molar-refractivity contribution in [1.82, 2.24) is 5.32 Å². The van der Waals surface area contributed by atoms with Crippen LogP contribution in [0.3, 0.4) is 0 Å². The molecule has 3 nitrogen and oxygen atoms in total. The van der Waals surface area contributed by atoms with E-state index in [0.717, 1.165) is 18.7 Å². The minimum atomic E-state index is -0.0666. The smallest absolute Gasteiger partial charge is 0.157 e. The Morgan fingerprint density at radius 2 is 2.06 bits per heavy atom. The van der Waals surface area contributed by atoms with E-state index in [1.807, 2.05) is 6.07 Å². The van der Waals surface area contributed by atoms with Crippen molar-refractivity contribution in [3.8, 4) is 11.5 Å². The highest BCUT2D eigenvalue weighted by atomic mass is 32.1. The molecule has 0 fully saturated rings. The molecule has 2 aromatic rings. The second kappa shape index (κ2) is 4.05. The first-order valence-electron chi connectivity index (χ1n) is 5.54. The topological polar surface area (TPSA) is 52.5 Å². The number of phenolic OH excluding ortho intramolecular Hbond substituents is 2. The number of thiophene rings is 1. The van der Waals surface area contributed by atoms with E-state index < -0.39 is 0 Å². The van der Waals surface area contributed by atoms with Gasteiger partial charge in [-0.05, 0) is 34.7 Å². The number of aromatic hydroxyl groups is 2. The molecule has 1 atom stereocenters. The number of hydrogen-bond acceptors (Lipinski definition) is 4. The fourth-order valence-corrected chi connectivity index (χ4v) is 3.21. The number of phenols is 2. The van der Waals surface area contributed by atoms with Crippen LogP contribution < -0.4 is 5.32 Å². The van der Waals surface area contributed by atoms with Crippen LogP contribution in [-0.2, 0) is 6.54 Å². The Balaban J connectivity index is 2.03. The van der Waals surface area contributed by atoms with Gasteiger partial charge >= 0.3 is 0 Å². The van der Waals surface area contributed by atoms with Crippen molar-refractivity contribution in [2.75, 3.05) is 6.54 Å². The Morgan fingerprint density at radius 1 is 1.18 bits per heavy atom. The van der Waals surface area contributed by atoms with Gasteiger partial charge in [0.1, 0.15) is 0 Å². The highest BCUT2D eigenvalue weighted by Gasteiger charge is 2.22. The molecule has 1 aliphatic rings. The van der Waals surface area contributed by atoms with E-state index in [1.54, 1.807) is 23.5 Å². The van der Waals surface area contributed by atoms with Crippen molar-refractivity contribution in [3.63, 3.8) is 0 Å². The van der Waals surface area contributed by atoms with Gasteiger partial charge in [-0.25, -0.2) is 0 Å². The summed E-state index contributed by atoms with van der Waals surface area (Å²) in [7, 11) is 0. The summed E-state index contributed by atoms with van der Waals surface area (Å²) in [5.41, 5.74) is 2.37. The van der Waals surface area contributed by atoms with Crippen molar-refractivity contribution in [2.24, 2.45) is 0 Å². The molecule has 0 spiro atoms. The second-order valence-electron chi connectivity index (χ2n) is 4.23. The van der Waals surface area contributed by atoms with Crippen LogP contribution in [0.4, 0.5) is 0 Å². The molecule has 0 aliphatic carbocycles. The third-order valence-electron chi connectivity index (χ3n) is 3.19. The lowest BCUT2D eigenvalue weighted by Gasteiger charge is -2.24. The average Bonchev–Trinajstić information content (AvgIpc) is 2.80. The third kappa shape index (κ3) is 1.79. The summed E-state index contributed by atoms with van der Waals surface area (Å²) in [6.07, 6.45) is 0. The quantitative estimate of drug-likeness (QED) is 0.678. The molecule has 2 heterocycles. The number of benzene rings is 1. The van der Waals surface area contributed by atoms with Crippen LogP contribution in [0.25, 0.3) is 0 Å². The lowest BCUT2D eigenvalue weighted by atomic mass is 9.89. The predicted molar refractivity (Wildman–Crippen MR) is 67.6 cm³/mol. The summed E-state index contributed by atoms with van der Waals surface area (Å²) in [5, 5.41) is 24.4. The fourth-order valence-electron chi connectivity index (χ4n) is 2.30. The summed E-state index contributed by atoms with van der Waals surface area (Å²) in [6, 6.07) is 7.21. The van der Waals surface area contributed by atoms with E-state index in [0.29, 0.717) is 0 Å². The Morgan fingerprint density at radius 3 is 2.88 bits per heavy atom. The Labute approximate surface area is 103 Å². The van der Waals surface area contributed by atoms with Crippen LogP contribution in [-0.4, -0.2) is 16.8 Å². The van der Waals surface area contributed by atoms with Crippen molar-refractivity contribution >= 4 is 11.3 Å². The number of nitrogens with one attached hydrogen (secondary N) is 1. The zero-order chi connectivity index (χ0) is 11.8. The summed E-state index contributed by atoms with van der Waals surface area (Å²) in [4.78, 5) is 1.36. The summed E-state index contributed by atoms with van der Waals surface area (Å²) < 4.78 is 0. The highest BCUT2D eigenvalue weighted by Crippen LogP contribution is 2.36. The Hall–Kier alpha value is -1.52. The summed E-state index contributed by atoms with van der Waals surface area (Å²) in [5.74, 6) is 0.143. The van der Waals surface area contributed by atoms with E-state index in [9.17, 15) is 10.2 Å². The van der Waals surface area contributed by atoms with Gasteiger partial charge in [-0.15, -0.1) is 11.3 Å². The van der Waals surface area contributed by atoms with Gasteiger partial charge in [-0.2, -0.15) is 0 Å². The molecule has 0 amide bonds. The van der Waals surface area contributed by atoms with E-state index in [-0.39, 0.29) is 17.4 Å². The van der Waals surface area contributed by atoms with Gasteiger partial charge in [0.15, 0.2) is 11.5 Å². The maximum atomic E-state index is 9.56. The molecule has 1 aliphatic heterocycles. The molecule has 3 rings (SSSR count). The van der Waals surface area contributed by atoms with Crippen molar-refractivity contribution in [3.05, 3.63) is 45.6 Å². The van der Waals surface area contributed by atoms with Crippen molar-refractivity contribution in [2.45, 2.75) is 12.5 Å². The van der Waals surface area contributed by atoms with Crippen LogP contribution in [0.15, 0.2) is 29.6 Å². The molecule has 88 valence electrons. The molecule has 0 saturated heterocycles. The van der Waals surface area contributed by atoms with Gasteiger partial charge in [0.05, 0.1) is 0 Å². The Bertz CT molecular complexity index is 550.